The Morgan fingerprint density at radius 1 is 1.18 bits per heavy atom. The molecule has 4 heterocycles. The van der Waals surface area contributed by atoms with E-state index in [9.17, 15) is 19.2 Å². The number of amides is 3. The van der Waals surface area contributed by atoms with Crippen LogP contribution in [0, 0.1) is 0 Å². The molecule has 1 aromatic heterocycles. The summed E-state index contributed by atoms with van der Waals surface area (Å²) in [5, 5.41) is 11.3. The first-order chi connectivity index (χ1) is 19.1. The first-order valence-corrected chi connectivity index (χ1v) is 13.4. The van der Waals surface area contributed by atoms with Crippen LogP contribution in [0.5, 0.6) is 0 Å². The lowest BCUT2D eigenvalue weighted by atomic mass is 10.0. The van der Waals surface area contributed by atoms with Gasteiger partial charge in [0, 0.05) is 51.4 Å². The molecule has 1 unspecified atom stereocenters. The maximum atomic E-state index is 13.3. The van der Waals surface area contributed by atoms with E-state index in [0.29, 0.717) is 36.7 Å². The minimum atomic E-state index is -0.737. The molecule has 212 valence electrons. The number of hydrazone groups is 1. The van der Waals surface area contributed by atoms with Gasteiger partial charge in [0.15, 0.2) is 5.58 Å². The van der Waals surface area contributed by atoms with Gasteiger partial charge in [-0.05, 0) is 51.6 Å². The fourth-order valence-electron chi connectivity index (χ4n) is 5.19. The number of aromatic nitrogens is 1. The molecule has 0 bridgehead atoms. The van der Waals surface area contributed by atoms with E-state index >= 15 is 0 Å². The normalized spacial score (nSPS) is 19.9. The second-order valence-corrected chi connectivity index (χ2v) is 10.5. The van der Waals surface area contributed by atoms with E-state index < -0.39 is 29.8 Å². The third kappa shape index (κ3) is 5.41. The second kappa shape index (κ2) is 11.1. The Morgan fingerprint density at radius 3 is 2.65 bits per heavy atom. The number of benzene rings is 1. The molecule has 3 amide bonds. The Bertz CT molecular complexity index is 1480. The summed E-state index contributed by atoms with van der Waals surface area (Å²) >= 11 is 0. The highest BCUT2D eigenvalue weighted by atomic mass is 16.4. The topological polar surface area (TPSA) is 145 Å². The van der Waals surface area contributed by atoms with E-state index in [1.165, 1.54) is 15.7 Å². The van der Waals surface area contributed by atoms with Crippen LogP contribution < -0.4 is 16.4 Å². The predicted octanol–water partition coefficient (Wildman–Crippen LogP) is 0.161. The Balaban J connectivity index is 1.24. The number of hydrogen-bond acceptors (Lipinski definition) is 9. The fourth-order valence-corrected chi connectivity index (χ4v) is 5.19. The van der Waals surface area contributed by atoms with Crippen molar-refractivity contribution in [2.24, 2.45) is 17.1 Å². The number of fused-ring (bicyclic) bond motifs is 2. The second-order valence-electron chi connectivity index (χ2n) is 10.5. The zero-order chi connectivity index (χ0) is 28.6. The number of oxazole rings is 1. The zero-order valence-electron chi connectivity index (χ0n) is 23.1. The smallest absolute Gasteiger partial charge is 0.408 e. The molecular weight excluding hydrogens is 516 g/mol. The Hall–Kier alpha value is -4.26. The predicted molar refractivity (Wildman–Crippen MR) is 148 cm³/mol. The van der Waals surface area contributed by atoms with Gasteiger partial charge in [-0.15, -0.1) is 0 Å². The van der Waals surface area contributed by atoms with Gasteiger partial charge in [-0.25, -0.2) is 9.80 Å². The standard InChI is InChI=1S/C27H34N8O5/c1-16(26(38)34-11-8-18(9-12-34)32(2)3)30-25(37)21-14-19(31-23-7-10-29-35(21)23)24(36)28-15-17-5-6-22-20(13-17)33(4)27(39)40-22/h5-6,10,13-14,16,18,23H,7-9,11-12,15H2,1-4H3,(H,28,36)(H,30,37)/t16-,23?/m0/s1. The number of piperidine rings is 1. The van der Waals surface area contributed by atoms with Crippen LogP contribution in [-0.4, -0.2) is 94.5 Å². The molecule has 1 fully saturated rings. The summed E-state index contributed by atoms with van der Waals surface area (Å²) in [7, 11) is 5.69. The molecule has 0 saturated carbocycles. The van der Waals surface area contributed by atoms with Gasteiger partial charge in [-0.1, -0.05) is 6.07 Å². The number of nitrogens with zero attached hydrogens (tertiary/aromatic N) is 6. The first kappa shape index (κ1) is 27.3. The monoisotopic (exact) mass is 550 g/mol. The SMILES string of the molecule is C[C@H](NC(=O)C1=CC(C(=O)NCc2ccc3oc(=O)n(C)c3c2)=NC2CC=NN12)C(=O)N1CCC(N(C)C)CC1. The number of nitrogens with one attached hydrogen (secondary N) is 2. The third-order valence-corrected chi connectivity index (χ3v) is 7.61. The van der Waals surface area contributed by atoms with Crippen LogP contribution in [0.4, 0.5) is 0 Å². The number of carbonyl (C=O) groups excluding carboxylic acids is 3. The van der Waals surface area contributed by atoms with E-state index in [2.05, 4.69) is 25.6 Å². The molecule has 2 atom stereocenters. The Labute approximate surface area is 231 Å². The summed E-state index contributed by atoms with van der Waals surface area (Å²) in [6, 6.07) is 4.92. The van der Waals surface area contributed by atoms with Crippen LogP contribution in [0.1, 0.15) is 31.7 Å². The molecule has 13 nitrogen and oxygen atoms in total. The maximum Gasteiger partial charge on any atom is 0.419 e. The summed E-state index contributed by atoms with van der Waals surface area (Å²) in [6.07, 6.45) is 4.74. The largest absolute Gasteiger partial charge is 0.419 e. The maximum absolute atomic E-state index is 13.3. The highest BCUT2D eigenvalue weighted by Crippen LogP contribution is 2.24. The third-order valence-electron chi connectivity index (χ3n) is 7.61. The van der Waals surface area contributed by atoms with Crippen LogP contribution in [0.2, 0.25) is 0 Å². The number of aliphatic imine (C=N–C) groups is 1. The molecule has 0 radical (unpaired) electrons. The molecule has 40 heavy (non-hydrogen) atoms. The summed E-state index contributed by atoms with van der Waals surface area (Å²) in [5.41, 5.74) is 2.10. The van der Waals surface area contributed by atoms with Crippen molar-refractivity contribution < 1.29 is 18.8 Å². The van der Waals surface area contributed by atoms with Gasteiger partial charge in [0.2, 0.25) is 5.91 Å². The molecule has 13 heteroatoms. The first-order valence-electron chi connectivity index (χ1n) is 13.4. The molecule has 2 aromatic rings. The molecule has 2 N–H and O–H groups in total. The minimum Gasteiger partial charge on any atom is -0.408 e. The molecular formula is C27H34N8O5. The highest BCUT2D eigenvalue weighted by molar-refractivity contribution is 6.44. The van der Waals surface area contributed by atoms with Crippen molar-refractivity contribution in [1.82, 2.24) is 30.0 Å². The van der Waals surface area contributed by atoms with E-state index in [1.807, 2.05) is 14.1 Å². The van der Waals surface area contributed by atoms with Gasteiger partial charge >= 0.3 is 5.76 Å². The molecule has 3 aliphatic rings. The molecule has 3 aliphatic heterocycles. The Morgan fingerprint density at radius 2 is 1.93 bits per heavy atom. The molecule has 1 aromatic carbocycles. The van der Waals surface area contributed by atoms with E-state index in [-0.39, 0.29) is 23.9 Å². The van der Waals surface area contributed by atoms with E-state index in [0.717, 1.165) is 18.4 Å². The minimum absolute atomic E-state index is 0.0958. The number of aryl methyl sites for hydroxylation is 1. The number of carbonyl (C=O) groups is 3. The van der Waals surface area contributed by atoms with Crippen molar-refractivity contribution in [2.45, 2.75) is 51.0 Å². The van der Waals surface area contributed by atoms with E-state index in [4.69, 9.17) is 4.42 Å². The van der Waals surface area contributed by atoms with Crippen molar-refractivity contribution in [3.63, 3.8) is 0 Å². The van der Waals surface area contributed by atoms with Gasteiger partial charge in [0.25, 0.3) is 11.8 Å². The van der Waals surface area contributed by atoms with Crippen molar-refractivity contribution in [2.75, 3.05) is 27.2 Å². The fraction of sp³-hybridized carbons (Fsp3) is 0.481. The van der Waals surface area contributed by atoms with Crippen molar-refractivity contribution in [3.05, 3.63) is 46.1 Å². The molecule has 1 saturated heterocycles. The molecule has 5 rings (SSSR count). The lowest BCUT2D eigenvalue weighted by molar-refractivity contribution is -0.136. The highest BCUT2D eigenvalue weighted by Gasteiger charge is 2.35. The van der Waals surface area contributed by atoms with Crippen molar-refractivity contribution in [1.29, 1.82) is 0 Å². The zero-order valence-corrected chi connectivity index (χ0v) is 23.1. The quantitative estimate of drug-likeness (QED) is 0.500. The molecule has 0 spiro atoms. The Kier molecular flexibility index (Phi) is 7.57. The van der Waals surface area contributed by atoms with Gasteiger partial charge in [0.05, 0.1) is 5.52 Å². The van der Waals surface area contributed by atoms with Crippen LogP contribution in [0.25, 0.3) is 11.1 Å². The van der Waals surface area contributed by atoms with Crippen LogP contribution in [-0.2, 0) is 28.0 Å². The number of hydrogen-bond donors (Lipinski definition) is 2. The lowest BCUT2D eigenvalue weighted by Crippen LogP contribution is -2.52. The average Bonchev–Trinajstić information content (AvgIpc) is 3.54. The van der Waals surface area contributed by atoms with Crippen molar-refractivity contribution in [3.8, 4) is 0 Å². The van der Waals surface area contributed by atoms with Crippen LogP contribution >= 0.6 is 0 Å². The summed E-state index contributed by atoms with van der Waals surface area (Å²) in [5.74, 6) is -1.55. The van der Waals surface area contributed by atoms with Gasteiger partial charge in [0.1, 0.15) is 23.6 Å². The summed E-state index contributed by atoms with van der Waals surface area (Å²) < 4.78 is 6.55. The molecule has 0 aliphatic carbocycles. The van der Waals surface area contributed by atoms with Gasteiger partial charge in [-0.2, -0.15) is 5.10 Å². The number of likely N-dealkylation sites (tertiary alicyclic amines) is 1. The van der Waals surface area contributed by atoms with Gasteiger partial charge < -0.3 is 24.9 Å². The summed E-state index contributed by atoms with van der Waals surface area (Å²) in [6.45, 7) is 3.14. The average molecular weight is 551 g/mol. The summed E-state index contributed by atoms with van der Waals surface area (Å²) in [4.78, 5) is 59.6. The lowest BCUT2D eigenvalue weighted by Gasteiger charge is -2.36. The van der Waals surface area contributed by atoms with Gasteiger partial charge in [-0.3, -0.25) is 23.9 Å². The van der Waals surface area contributed by atoms with Crippen LogP contribution in [0.15, 0.2) is 49.3 Å². The number of rotatable bonds is 7. The van der Waals surface area contributed by atoms with Crippen LogP contribution in [0.3, 0.4) is 0 Å². The van der Waals surface area contributed by atoms with E-state index in [1.54, 1.807) is 43.3 Å². The van der Waals surface area contributed by atoms with Crippen molar-refractivity contribution >= 4 is 40.7 Å².